The van der Waals surface area contributed by atoms with Crippen LogP contribution in [0.3, 0.4) is 0 Å². The molecule has 0 radical (unpaired) electrons. The summed E-state index contributed by atoms with van der Waals surface area (Å²) in [7, 11) is 0. The Balaban J connectivity index is 1.85. The lowest BCUT2D eigenvalue weighted by Crippen LogP contribution is -2.54. The van der Waals surface area contributed by atoms with E-state index in [0.29, 0.717) is 24.1 Å². The van der Waals surface area contributed by atoms with E-state index in [0.717, 1.165) is 25.7 Å². The Bertz CT molecular complexity index is 702. The molecular weight excluding hydrogens is 284 g/mol. The molecule has 2 aromatic heterocycles. The quantitative estimate of drug-likeness (QED) is 0.840. The number of amides is 1. The van der Waals surface area contributed by atoms with E-state index in [1.54, 1.807) is 22.7 Å². The Kier molecular flexibility index (Phi) is 3.79. The number of hydrogen-bond acceptors (Lipinski definition) is 4. The number of pyridine rings is 1. The molecule has 2 heterocycles. The second kappa shape index (κ2) is 5.75. The van der Waals surface area contributed by atoms with Crippen molar-refractivity contribution in [1.82, 2.24) is 19.9 Å². The standard InChI is InChI=1S/C15H18N4O3/c20-13(11-5-6-12-18-16-10-19(12)9-11)17-15(14(21)22)7-3-1-2-4-8-15/h5-6,9-10H,1-4,7-8H2,(H,17,20)(H,21,22). The van der Waals surface area contributed by atoms with Crippen LogP contribution in [0.1, 0.15) is 48.9 Å². The van der Waals surface area contributed by atoms with E-state index < -0.39 is 11.5 Å². The van der Waals surface area contributed by atoms with Crippen LogP contribution in [0.25, 0.3) is 5.65 Å². The van der Waals surface area contributed by atoms with E-state index in [2.05, 4.69) is 15.5 Å². The Labute approximate surface area is 127 Å². The first-order valence-electron chi connectivity index (χ1n) is 7.46. The molecule has 1 fully saturated rings. The van der Waals surface area contributed by atoms with Gasteiger partial charge in [-0.2, -0.15) is 0 Å². The summed E-state index contributed by atoms with van der Waals surface area (Å²) < 4.78 is 1.63. The number of fused-ring (bicyclic) bond motifs is 1. The summed E-state index contributed by atoms with van der Waals surface area (Å²) in [5.74, 6) is -1.33. The normalized spacial score (nSPS) is 17.8. The van der Waals surface area contributed by atoms with Crippen molar-refractivity contribution in [3.63, 3.8) is 0 Å². The number of carboxylic acids is 1. The van der Waals surface area contributed by atoms with E-state index in [-0.39, 0.29) is 5.91 Å². The van der Waals surface area contributed by atoms with E-state index in [1.807, 2.05) is 0 Å². The molecule has 116 valence electrons. The first-order chi connectivity index (χ1) is 10.6. The van der Waals surface area contributed by atoms with Crippen LogP contribution in [-0.2, 0) is 4.79 Å². The second-order valence-electron chi connectivity index (χ2n) is 5.77. The molecule has 2 N–H and O–H groups in total. The minimum absolute atomic E-state index is 0.375. The highest BCUT2D eigenvalue weighted by Gasteiger charge is 2.40. The maximum absolute atomic E-state index is 12.5. The van der Waals surface area contributed by atoms with Gasteiger partial charge in [0.1, 0.15) is 11.9 Å². The molecule has 1 saturated carbocycles. The van der Waals surface area contributed by atoms with Crippen LogP contribution in [0, 0.1) is 0 Å². The predicted octanol–water partition coefficient (Wildman–Crippen LogP) is 1.64. The molecule has 0 bridgehead atoms. The van der Waals surface area contributed by atoms with Gasteiger partial charge in [0.2, 0.25) is 0 Å². The first kappa shape index (κ1) is 14.5. The highest BCUT2D eigenvalue weighted by Crippen LogP contribution is 2.28. The van der Waals surface area contributed by atoms with Crippen LogP contribution in [0.15, 0.2) is 24.7 Å². The van der Waals surface area contributed by atoms with Gasteiger partial charge in [-0.25, -0.2) is 4.79 Å². The van der Waals surface area contributed by atoms with Crippen LogP contribution in [0.5, 0.6) is 0 Å². The molecule has 7 heteroatoms. The Morgan fingerprint density at radius 2 is 1.91 bits per heavy atom. The molecule has 0 unspecified atom stereocenters. The number of aliphatic carboxylic acids is 1. The fraction of sp³-hybridized carbons (Fsp3) is 0.467. The minimum Gasteiger partial charge on any atom is -0.480 e. The van der Waals surface area contributed by atoms with Crippen LogP contribution in [0.4, 0.5) is 0 Å². The molecule has 0 saturated heterocycles. The number of carbonyl (C=O) groups excluding carboxylic acids is 1. The summed E-state index contributed by atoms with van der Waals surface area (Å²) >= 11 is 0. The van der Waals surface area contributed by atoms with Crippen molar-refractivity contribution in [2.75, 3.05) is 0 Å². The fourth-order valence-corrected chi connectivity index (χ4v) is 2.98. The van der Waals surface area contributed by atoms with Crippen molar-refractivity contribution in [2.24, 2.45) is 0 Å². The molecule has 2 aromatic rings. The summed E-state index contributed by atoms with van der Waals surface area (Å²) in [4.78, 5) is 24.2. The van der Waals surface area contributed by atoms with Gasteiger partial charge in [-0.3, -0.25) is 9.20 Å². The van der Waals surface area contributed by atoms with E-state index in [1.165, 1.54) is 6.33 Å². The molecule has 0 aromatic carbocycles. The summed E-state index contributed by atoms with van der Waals surface area (Å²) in [6.07, 6.45) is 7.72. The zero-order chi connectivity index (χ0) is 15.6. The summed E-state index contributed by atoms with van der Waals surface area (Å²) in [6, 6.07) is 3.31. The van der Waals surface area contributed by atoms with Gasteiger partial charge in [-0.15, -0.1) is 10.2 Å². The first-order valence-corrected chi connectivity index (χ1v) is 7.46. The molecule has 22 heavy (non-hydrogen) atoms. The molecule has 0 atom stereocenters. The maximum atomic E-state index is 12.5. The highest BCUT2D eigenvalue weighted by atomic mass is 16.4. The zero-order valence-electron chi connectivity index (χ0n) is 12.2. The Hall–Kier alpha value is -2.44. The van der Waals surface area contributed by atoms with E-state index >= 15 is 0 Å². The van der Waals surface area contributed by atoms with E-state index in [9.17, 15) is 14.7 Å². The number of nitrogens with one attached hydrogen (secondary N) is 1. The van der Waals surface area contributed by atoms with Crippen LogP contribution >= 0.6 is 0 Å². The van der Waals surface area contributed by atoms with Crippen molar-refractivity contribution in [3.05, 3.63) is 30.2 Å². The fourth-order valence-electron chi connectivity index (χ4n) is 2.98. The average molecular weight is 302 g/mol. The van der Waals surface area contributed by atoms with E-state index in [4.69, 9.17) is 0 Å². The second-order valence-corrected chi connectivity index (χ2v) is 5.77. The molecule has 1 aliphatic carbocycles. The van der Waals surface area contributed by atoms with Crippen molar-refractivity contribution in [3.8, 4) is 0 Å². The molecule has 7 nitrogen and oxygen atoms in total. The Morgan fingerprint density at radius 1 is 1.18 bits per heavy atom. The van der Waals surface area contributed by atoms with Crippen LogP contribution < -0.4 is 5.32 Å². The van der Waals surface area contributed by atoms with Crippen LogP contribution in [0.2, 0.25) is 0 Å². The van der Waals surface area contributed by atoms with Gasteiger partial charge in [-0.1, -0.05) is 25.7 Å². The largest absolute Gasteiger partial charge is 0.480 e. The lowest BCUT2D eigenvalue weighted by molar-refractivity contribution is -0.145. The lowest BCUT2D eigenvalue weighted by atomic mass is 9.90. The number of nitrogens with zero attached hydrogens (tertiary/aromatic N) is 3. The average Bonchev–Trinajstić information content (AvgIpc) is 2.84. The molecule has 1 aliphatic rings. The summed E-state index contributed by atoms with van der Waals surface area (Å²) in [5.41, 5.74) is -0.119. The molecule has 0 spiro atoms. The van der Waals surface area contributed by atoms with Gasteiger partial charge in [0.05, 0.1) is 5.56 Å². The van der Waals surface area contributed by atoms with Gasteiger partial charge < -0.3 is 10.4 Å². The van der Waals surface area contributed by atoms with Crippen molar-refractivity contribution in [2.45, 2.75) is 44.1 Å². The Morgan fingerprint density at radius 3 is 2.59 bits per heavy atom. The third-order valence-corrected chi connectivity index (χ3v) is 4.27. The SMILES string of the molecule is O=C(NC1(C(=O)O)CCCCCC1)c1ccc2nncn2c1. The molecule has 3 rings (SSSR count). The van der Waals surface area contributed by atoms with Gasteiger partial charge >= 0.3 is 5.97 Å². The third-order valence-electron chi connectivity index (χ3n) is 4.27. The monoisotopic (exact) mass is 302 g/mol. The van der Waals surface area contributed by atoms with Crippen molar-refractivity contribution < 1.29 is 14.7 Å². The molecule has 1 amide bonds. The number of carbonyl (C=O) groups is 2. The number of hydrogen-bond donors (Lipinski definition) is 2. The lowest BCUT2D eigenvalue weighted by Gasteiger charge is -2.29. The molecule has 0 aliphatic heterocycles. The molecular formula is C15H18N4O3. The van der Waals surface area contributed by atoms with Crippen molar-refractivity contribution >= 4 is 17.5 Å². The van der Waals surface area contributed by atoms with Gasteiger partial charge in [0, 0.05) is 6.20 Å². The summed E-state index contributed by atoms with van der Waals surface area (Å²) in [5, 5.41) is 20.0. The van der Waals surface area contributed by atoms with Gasteiger partial charge in [0.25, 0.3) is 5.91 Å². The third kappa shape index (κ3) is 2.66. The zero-order valence-corrected chi connectivity index (χ0v) is 12.2. The van der Waals surface area contributed by atoms with Crippen LogP contribution in [-0.4, -0.2) is 37.1 Å². The summed E-state index contributed by atoms with van der Waals surface area (Å²) in [6.45, 7) is 0. The smallest absolute Gasteiger partial charge is 0.329 e. The predicted molar refractivity (Wildman–Crippen MR) is 78.5 cm³/mol. The topological polar surface area (TPSA) is 96.6 Å². The number of carboxylic acid groups (broad SMARTS) is 1. The highest BCUT2D eigenvalue weighted by molar-refractivity contribution is 5.97. The number of aromatic nitrogens is 3. The van der Waals surface area contributed by atoms with Gasteiger partial charge in [0.15, 0.2) is 5.65 Å². The van der Waals surface area contributed by atoms with Gasteiger partial charge in [-0.05, 0) is 25.0 Å². The number of rotatable bonds is 3. The van der Waals surface area contributed by atoms with Crippen molar-refractivity contribution in [1.29, 1.82) is 0 Å². The maximum Gasteiger partial charge on any atom is 0.329 e. The minimum atomic E-state index is -1.16.